The summed E-state index contributed by atoms with van der Waals surface area (Å²) in [5.41, 5.74) is 2.12. The Balaban J connectivity index is 1.43. The van der Waals surface area contributed by atoms with Gasteiger partial charge in [0.15, 0.2) is 5.75 Å². The predicted molar refractivity (Wildman–Crippen MR) is 112 cm³/mol. The van der Waals surface area contributed by atoms with Crippen LogP contribution in [0.4, 0.5) is 0 Å². The molecular formula is C23H29N3O3. The number of H-pyrrole nitrogens is 1. The van der Waals surface area contributed by atoms with Crippen LogP contribution in [0.15, 0.2) is 47.4 Å². The molecule has 1 aromatic carbocycles. The van der Waals surface area contributed by atoms with Crippen molar-refractivity contribution in [3.8, 4) is 5.75 Å². The maximum atomic E-state index is 12.8. The van der Waals surface area contributed by atoms with Gasteiger partial charge in [0.1, 0.15) is 0 Å². The van der Waals surface area contributed by atoms with E-state index >= 15 is 0 Å². The van der Waals surface area contributed by atoms with Gasteiger partial charge in [-0.15, -0.1) is 0 Å². The number of nitrogens with zero attached hydrogens (tertiary/aromatic N) is 2. The normalized spacial score (nSPS) is 22.1. The van der Waals surface area contributed by atoms with E-state index in [1.807, 2.05) is 30.1 Å². The number of aromatic nitrogens is 1. The van der Waals surface area contributed by atoms with Crippen molar-refractivity contribution in [1.82, 2.24) is 14.8 Å². The monoisotopic (exact) mass is 395 g/mol. The average molecular weight is 396 g/mol. The Bertz CT molecular complexity index is 916. The predicted octanol–water partition coefficient (Wildman–Crippen LogP) is 2.61. The Morgan fingerprint density at radius 3 is 2.55 bits per heavy atom. The number of aromatic amines is 1. The molecule has 2 aliphatic heterocycles. The van der Waals surface area contributed by atoms with Gasteiger partial charge in [0.25, 0.3) is 0 Å². The lowest BCUT2D eigenvalue weighted by molar-refractivity contribution is -0.139. The van der Waals surface area contributed by atoms with E-state index in [1.54, 1.807) is 12.3 Å². The molecule has 1 atom stereocenters. The quantitative estimate of drug-likeness (QED) is 0.864. The molecule has 1 amide bonds. The molecule has 1 spiro atoms. The minimum Gasteiger partial charge on any atom is -0.491 e. The molecule has 4 rings (SSSR count). The van der Waals surface area contributed by atoms with Crippen molar-refractivity contribution in [2.75, 3.05) is 33.8 Å². The van der Waals surface area contributed by atoms with Gasteiger partial charge in [0, 0.05) is 38.1 Å². The number of nitrogens with one attached hydrogen (secondary N) is 1. The lowest BCUT2D eigenvalue weighted by Crippen LogP contribution is -2.52. The molecule has 2 fully saturated rings. The van der Waals surface area contributed by atoms with E-state index in [4.69, 9.17) is 4.74 Å². The first-order valence-electron chi connectivity index (χ1n) is 10.3. The SMILES string of the molecule is COc1c[nH]c(CN2CCC3(CC2)C[C@@H](c2ccccc2)C(=O)N(C)C3)cc1=O. The van der Waals surface area contributed by atoms with Crippen molar-refractivity contribution in [2.24, 2.45) is 5.41 Å². The lowest BCUT2D eigenvalue weighted by Gasteiger charge is -2.49. The summed E-state index contributed by atoms with van der Waals surface area (Å²) >= 11 is 0. The number of carbonyl (C=O) groups excluding carboxylic acids is 1. The fraction of sp³-hybridized carbons (Fsp3) is 0.478. The van der Waals surface area contributed by atoms with Gasteiger partial charge < -0.3 is 14.6 Å². The van der Waals surface area contributed by atoms with Crippen molar-refractivity contribution in [3.63, 3.8) is 0 Å². The van der Waals surface area contributed by atoms with E-state index in [0.717, 1.165) is 56.7 Å². The fourth-order valence-electron chi connectivity index (χ4n) is 4.92. The zero-order valence-corrected chi connectivity index (χ0v) is 17.2. The van der Waals surface area contributed by atoms with E-state index < -0.39 is 0 Å². The number of hydrogen-bond donors (Lipinski definition) is 1. The van der Waals surface area contributed by atoms with E-state index in [9.17, 15) is 9.59 Å². The molecule has 0 bridgehead atoms. The van der Waals surface area contributed by atoms with Crippen LogP contribution in [0.3, 0.4) is 0 Å². The van der Waals surface area contributed by atoms with Gasteiger partial charge in [-0.3, -0.25) is 14.5 Å². The highest BCUT2D eigenvalue weighted by Crippen LogP contribution is 2.45. The fourth-order valence-corrected chi connectivity index (χ4v) is 4.92. The molecule has 0 radical (unpaired) electrons. The van der Waals surface area contributed by atoms with E-state index in [0.29, 0.717) is 5.75 Å². The van der Waals surface area contributed by atoms with Crippen LogP contribution in [0, 0.1) is 5.41 Å². The van der Waals surface area contributed by atoms with Crippen LogP contribution in [0.5, 0.6) is 5.75 Å². The van der Waals surface area contributed by atoms with E-state index in [-0.39, 0.29) is 22.7 Å². The first-order valence-corrected chi connectivity index (χ1v) is 10.3. The van der Waals surface area contributed by atoms with E-state index in [1.165, 1.54) is 7.11 Å². The van der Waals surface area contributed by atoms with Gasteiger partial charge in [-0.25, -0.2) is 0 Å². The summed E-state index contributed by atoms with van der Waals surface area (Å²) < 4.78 is 5.04. The Hall–Kier alpha value is -2.60. The molecule has 1 N–H and O–H groups in total. The molecule has 0 aliphatic carbocycles. The van der Waals surface area contributed by atoms with Crippen molar-refractivity contribution >= 4 is 5.91 Å². The third-order valence-corrected chi connectivity index (χ3v) is 6.55. The molecule has 29 heavy (non-hydrogen) atoms. The van der Waals surface area contributed by atoms with Crippen LogP contribution in [-0.2, 0) is 11.3 Å². The molecule has 0 unspecified atom stereocenters. The summed E-state index contributed by atoms with van der Waals surface area (Å²) in [6.07, 6.45) is 4.69. The summed E-state index contributed by atoms with van der Waals surface area (Å²) in [6, 6.07) is 11.8. The number of ether oxygens (including phenoxy) is 1. The summed E-state index contributed by atoms with van der Waals surface area (Å²) in [7, 11) is 3.44. The molecule has 3 heterocycles. The highest BCUT2D eigenvalue weighted by atomic mass is 16.5. The molecular weight excluding hydrogens is 366 g/mol. The van der Waals surface area contributed by atoms with Gasteiger partial charge in [-0.05, 0) is 43.3 Å². The Kier molecular flexibility index (Phi) is 5.46. The van der Waals surface area contributed by atoms with Gasteiger partial charge in [-0.2, -0.15) is 0 Å². The van der Waals surface area contributed by atoms with Crippen LogP contribution in [-0.4, -0.2) is 54.5 Å². The van der Waals surface area contributed by atoms with Gasteiger partial charge in [0.2, 0.25) is 11.3 Å². The van der Waals surface area contributed by atoms with Gasteiger partial charge in [0.05, 0.1) is 13.0 Å². The second kappa shape index (κ2) is 8.03. The first-order chi connectivity index (χ1) is 14.0. The van der Waals surface area contributed by atoms with Crippen LogP contribution in [0.1, 0.15) is 36.4 Å². The maximum Gasteiger partial charge on any atom is 0.229 e. The average Bonchev–Trinajstić information content (AvgIpc) is 2.73. The first kappa shape index (κ1) is 19.7. The standard InChI is InChI=1S/C23H29N3O3/c1-25-16-23(13-19(22(25)28)17-6-4-3-5-7-17)8-10-26(11-9-23)15-18-12-20(27)21(29-2)14-24-18/h3-7,12,14,19H,8-11,13,15-16H2,1-2H3,(H,24,27)/t19-/m0/s1. The van der Waals surface area contributed by atoms with Crippen LogP contribution in [0.2, 0.25) is 0 Å². The number of hydrogen-bond acceptors (Lipinski definition) is 4. The molecule has 2 saturated heterocycles. The van der Waals surface area contributed by atoms with Crippen molar-refractivity contribution in [2.45, 2.75) is 31.7 Å². The van der Waals surface area contributed by atoms with Crippen molar-refractivity contribution < 1.29 is 9.53 Å². The van der Waals surface area contributed by atoms with Crippen LogP contribution >= 0.6 is 0 Å². The molecule has 2 aromatic rings. The van der Waals surface area contributed by atoms with Crippen molar-refractivity contribution in [1.29, 1.82) is 0 Å². The number of piperidine rings is 2. The third-order valence-electron chi connectivity index (χ3n) is 6.55. The van der Waals surface area contributed by atoms with E-state index in [2.05, 4.69) is 22.0 Å². The van der Waals surface area contributed by atoms with Gasteiger partial charge >= 0.3 is 0 Å². The summed E-state index contributed by atoms with van der Waals surface area (Å²) in [4.78, 5) is 32.3. The molecule has 0 saturated carbocycles. The minimum atomic E-state index is -0.0900. The lowest BCUT2D eigenvalue weighted by atomic mass is 9.67. The molecule has 6 nitrogen and oxygen atoms in total. The maximum absolute atomic E-state index is 12.8. The molecule has 6 heteroatoms. The Labute approximate surface area is 171 Å². The number of likely N-dealkylation sites (N-methyl/N-ethyl adjacent to an activating group) is 1. The number of rotatable bonds is 4. The number of benzene rings is 1. The highest BCUT2D eigenvalue weighted by molar-refractivity contribution is 5.84. The zero-order valence-electron chi connectivity index (χ0n) is 17.2. The van der Waals surface area contributed by atoms with Crippen molar-refractivity contribution in [3.05, 3.63) is 64.1 Å². The third kappa shape index (κ3) is 4.08. The summed E-state index contributed by atoms with van der Waals surface area (Å²) in [5.74, 6) is 0.535. The minimum absolute atomic E-state index is 0.0422. The topological polar surface area (TPSA) is 65.6 Å². The summed E-state index contributed by atoms with van der Waals surface area (Å²) in [5, 5.41) is 0. The Morgan fingerprint density at radius 2 is 1.90 bits per heavy atom. The number of carbonyl (C=O) groups is 1. The smallest absolute Gasteiger partial charge is 0.229 e. The molecule has 154 valence electrons. The summed E-state index contributed by atoms with van der Waals surface area (Å²) in [6.45, 7) is 3.50. The number of methoxy groups -OCH3 is 1. The molecule has 1 aromatic heterocycles. The number of amides is 1. The number of likely N-dealkylation sites (tertiary alicyclic amines) is 2. The van der Waals surface area contributed by atoms with Crippen LogP contribution < -0.4 is 10.2 Å². The highest BCUT2D eigenvalue weighted by Gasteiger charge is 2.44. The molecule has 2 aliphatic rings. The second-order valence-corrected chi connectivity index (χ2v) is 8.53. The Morgan fingerprint density at radius 1 is 1.17 bits per heavy atom. The van der Waals surface area contributed by atoms with Crippen LogP contribution in [0.25, 0.3) is 0 Å². The largest absolute Gasteiger partial charge is 0.491 e. The number of pyridine rings is 1. The zero-order chi connectivity index (χ0) is 20.4. The van der Waals surface area contributed by atoms with Gasteiger partial charge in [-0.1, -0.05) is 30.3 Å². The second-order valence-electron chi connectivity index (χ2n) is 8.53.